The molecule has 0 amide bonds. The second-order valence-corrected chi connectivity index (χ2v) is 4.00. The van der Waals surface area contributed by atoms with Gasteiger partial charge in [0, 0.05) is 18.8 Å². The monoisotopic (exact) mass is 267 g/mol. The molecular formula is C13H12F3N3. The number of halogens is 3. The first-order chi connectivity index (χ1) is 8.91. The molecule has 0 fully saturated rings. The average Bonchev–Trinajstić information content (AvgIpc) is 2.37. The van der Waals surface area contributed by atoms with Crippen LogP contribution in [0, 0.1) is 6.92 Å². The molecule has 0 unspecified atom stereocenters. The lowest BCUT2D eigenvalue weighted by Crippen LogP contribution is -2.04. The van der Waals surface area contributed by atoms with E-state index in [2.05, 4.69) is 15.3 Å². The second-order valence-electron chi connectivity index (χ2n) is 4.00. The molecule has 0 spiro atoms. The van der Waals surface area contributed by atoms with Crippen molar-refractivity contribution >= 4 is 5.82 Å². The summed E-state index contributed by atoms with van der Waals surface area (Å²) in [5, 5.41) is 2.91. The molecule has 19 heavy (non-hydrogen) atoms. The normalized spacial score (nSPS) is 11.4. The molecule has 1 aromatic carbocycles. The predicted octanol–water partition coefficient (Wildman–Crippen LogP) is 3.51. The summed E-state index contributed by atoms with van der Waals surface area (Å²) in [4.78, 5) is 8.26. The summed E-state index contributed by atoms with van der Waals surface area (Å²) >= 11 is 0. The number of aryl methyl sites for hydroxylation is 1. The standard InChI is InChI=1S/C13H12F3N3/c1-8-18-7-11(12(17-2)19-8)9-3-5-10(6-4-9)13(14,15)16/h3-7H,1-2H3,(H,17,18,19). The molecule has 0 saturated carbocycles. The summed E-state index contributed by atoms with van der Waals surface area (Å²) in [5.41, 5.74) is 0.634. The highest BCUT2D eigenvalue weighted by molar-refractivity contribution is 5.74. The van der Waals surface area contributed by atoms with Gasteiger partial charge in [0.25, 0.3) is 0 Å². The first-order valence-corrected chi connectivity index (χ1v) is 5.61. The van der Waals surface area contributed by atoms with Crippen LogP contribution >= 0.6 is 0 Å². The topological polar surface area (TPSA) is 37.8 Å². The van der Waals surface area contributed by atoms with E-state index >= 15 is 0 Å². The Morgan fingerprint density at radius 2 is 1.74 bits per heavy atom. The van der Waals surface area contributed by atoms with Crippen molar-refractivity contribution in [1.29, 1.82) is 0 Å². The maximum atomic E-state index is 12.5. The van der Waals surface area contributed by atoms with Crippen LogP contribution in [0.15, 0.2) is 30.5 Å². The van der Waals surface area contributed by atoms with Gasteiger partial charge in [0.05, 0.1) is 5.56 Å². The Bertz CT molecular complexity index is 577. The lowest BCUT2D eigenvalue weighted by atomic mass is 10.1. The summed E-state index contributed by atoms with van der Waals surface area (Å²) < 4.78 is 37.5. The predicted molar refractivity (Wildman–Crippen MR) is 66.8 cm³/mol. The molecule has 0 saturated heterocycles. The number of benzene rings is 1. The molecule has 0 bridgehead atoms. The van der Waals surface area contributed by atoms with Gasteiger partial charge in [-0.05, 0) is 24.6 Å². The summed E-state index contributed by atoms with van der Waals surface area (Å²) in [6, 6.07) is 4.93. The minimum Gasteiger partial charge on any atom is -0.373 e. The number of hydrogen-bond donors (Lipinski definition) is 1. The fraction of sp³-hybridized carbons (Fsp3) is 0.231. The zero-order chi connectivity index (χ0) is 14.0. The maximum absolute atomic E-state index is 12.5. The minimum absolute atomic E-state index is 0.590. The van der Waals surface area contributed by atoms with E-state index < -0.39 is 11.7 Å². The van der Waals surface area contributed by atoms with Crippen LogP contribution in [0.1, 0.15) is 11.4 Å². The summed E-state index contributed by atoms with van der Waals surface area (Å²) in [5.74, 6) is 1.19. The van der Waals surface area contributed by atoms with E-state index in [9.17, 15) is 13.2 Å². The molecular weight excluding hydrogens is 255 g/mol. The Labute approximate surface area is 108 Å². The molecule has 1 heterocycles. The van der Waals surface area contributed by atoms with Gasteiger partial charge in [-0.25, -0.2) is 9.97 Å². The van der Waals surface area contributed by atoms with Crippen molar-refractivity contribution in [3.63, 3.8) is 0 Å². The Kier molecular flexibility index (Phi) is 3.42. The molecule has 2 rings (SSSR count). The van der Waals surface area contributed by atoms with E-state index in [0.29, 0.717) is 22.8 Å². The highest BCUT2D eigenvalue weighted by Gasteiger charge is 2.30. The van der Waals surface area contributed by atoms with Crippen LogP contribution in [0.3, 0.4) is 0 Å². The van der Waals surface area contributed by atoms with Gasteiger partial charge in [-0.2, -0.15) is 13.2 Å². The van der Waals surface area contributed by atoms with Crippen molar-refractivity contribution in [3.8, 4) is 11.1 Å². The molecule has 0 aliphatic carbocycles. The zero-order valence-electron chi connectivity index (χ0n) is 10.4. The molecule has 1 N–H and O–H groups in total. The van der Waals surface area contributed by atoms with Crippen LogP contribution in [0.2, 0.25) is 0 Å². The quantitative estimate of drug-likeness (QED) is 0.904. The number of aromatic nitrogens is 2. The molecule has 0 aliphatic rings. The largest absolute Gasteiger partial charge is 0.416 e. The molecule has 0 aliphatic heterocycles. The van der Waals surface area contributed by atoms with Crippen molar-refractivity contribution in [3.05, 3.63) is 41.9 Å². The van der Waals surface area contributed by atoms with Crippen molar-refractivity contribution < 1.29 is 13.2 Å². The Hall–Kier alpha value is -2.11. The fourth-order valence-electron chi connectivity index (χ4n) is 1.71. The molecule has 1 aromatic heterocycles. The molecule has 100 valence electrons. The third-order valence-electron chi connectivity index (χ3n) is 2.67. The lowest BCUT2D eigenvalue weighted by Gasteiger charge is -2.10. The van der Waals surface area contributed by atoms with E-state index in [4.69, 9.17) is 0 Å². The fourth-order valence-corrected chi connectivity index (χ4v) is 1.71. The van der Waals surface area contributed by atoms with Crippen molar-refractivity contribution in [1.82, 2.24) is 9.97 Å². The molecule has 6 heteroatoms. The lowest BCUT2D eigenvalue weighted by molar-refractivity contribution is -0.137. The molecule has 2 aromatic rings. The number of hydrogen-bond acceptors (Lipinski definition) is 3. The van der Waals surface area contributed by atoms with Crippen LogP contribution in [-0.4, -0.2) is 17.0 Å². The van der Waals surface area contributed by atoms with Gasteiger partial charge in [-0.1, -0.05) is 12.1 Å². The van der Waals surface area contributed by atoms with Crippen LogP contribution in [0.5, 0.6) is 0 Å². The Morgan fingerprint density at radius 1 is 1.11 bits per heavy atom. The van der Waals surface area contributed by atoms with Gasteiger partial charge in [0.2, 0.25) is 0 Å². The van der Waals surface area contributed by atoms with Crippen LogP contribution < -0.4 is 5.32 Å². The smallest absolute Gasteiger partial charge is 0.373 e. The Balaban J connectivity index is 2.43. The number of anilines is 1. The van der Waals surface area contributed by atoms with Crippen molar-refractivity contribution in [2.75, 3.05) is 12.4 Å². The summed E-state index contributed by atoms with van der Waals surface area (Å²) in [6.07, 6.45) is -2.73. The third kappa shape index (κ3) is 2.83. The van der Waals surface area contributed by atoms with Gasteiger partial charge in [0.1, 0.15) is 11.6 Å². The molecule has 0 atom stereocenters. The SMILES string of the molecule is CNc1nc(C)ncc1-c1ccc(C(F)(F)F)cc1. The van der Waals surface area contributed by atoms with E-state index in [0.717, 1.165) is 12.1 Å². The highest BCUT2D eigenvalue weighted by atomic mass is 19.4. The average molecular weight is 267 g/mol. The van der Waals surface area contributed by atoms with Crippen LogP contribution in [-0.2, 0) is 6.18 Å². The summed E-state index contributed by atoms with van der Waals surface area (Å²) in [7, 11) is 1.70. The Morgan fingerprint density at radius 3 is 2.26 bits per heavy atom. The number of rotatable bonds is 2. The number of alkyl halides is 3. The highest BCUT2D eigenvalue weighted by Crippen LogP contribution is 2.32. The van der Waals surface area contributed by atoms with Gasteiger partial charge >= 0.3 is 6.18 Å². The first kappa shape index (κ1) is 13.3. The van der Waals surface area contributed by atoms with Gasteiger partial charge in [-0.15, -0.1) is 0 Å². The van der Waals surface area contributed by atoms with Gasteiger partial charge in [0.15, 0.2) is 0 Å². The molecule has 0 radical (unpaired) electrons. The number of nitrogens with zero attached hydrogens (tertiary/aromatic N) is 2. The van der Waals surface area contributed by atoms with E-state index in [1.54, 1.807) is 20.2 Å². The minimum atomic E-state index is -4.33. The van der Waals surface area contributed by atoms with E-state index in [-0.39, 0.29) is 0 Å². The van der Waals surface area contributed by atoms with Crippen molar-refractivity contribution in [2.45, 2.75) is 13.1 Å². The second kappa shape index (κ2) is 4.87. The van der Waals surface area contributed by atoms with E-state index in [1.807, 2.05) is 0 Å². The van der Waals surface area contributed by atoms with Gasteiger partial charge < -0.3 is 5.32 Å². The maximum Gasteiger partial charge on any atom is 0.416 e. The van der Waals surface area contributed by atoms with Crippen molar-refractivity contribution in [2.24, 2.45) is 0 Å². The first-order valence-electron chi connectivity index (χ1n) is 5.61. The van der Waals surface area contributed by atoms with Gasteiger partial charge in [-0.3, -0.25) is 0 Å². The van der Waals surface area contributed by atoms with Crippen LogP contribution in [0.4, 0.5) is 19.0 Å². The zero-order valence-corrected chi connectivity index (χ0v) is 10.4. The van der Waals surface area contributed by atoms with E-state index in [1.165, 1.54) is 12.1 Å². The van der Waals surface area contributed by atoms with Crippen LogP contribution in [0.25, 0.3) is 11.1 Å². The number of nitrogens with one attached hydrogen (secondary N) is 1. The third-order valence-corrected chi connectivity index (χ3v) is 2.67. The summed E-state index contributed by atoms with van der Waals surface area (Å²) in [6.45, 7) is 1.75. The molecule has 3 nitrogen and oxygen atoms in total.